The summed E-state index contributed by atoms with van der Waals surface area (Å²) in [7, 11) is 0. The van der Waals surface area contributed by atoms with Gasteiger partial charge in [-0.05, 0) is 96.7 Å². The lowest BCUT2D eigenvalue weighted by Gasteiger charge is -2.75. The third-order valence-electron chi connectivity index (χ3n) is 9.88. The van der Waals surface area contributed by atoms with Gasteiger partial charge in [-0.2, -0.15) is 0 Å². The van der Waals surface area contributed by atoms with Crippen LogP contribution in [-0.4, -0.2) is 0 Å². The summed E-state index contributed by atoms with van der Waals surface area (Å²) in [6, 6.07) is 0. The Balaban J connectivity index is 1.66. The fourth-order valence-corrected chi connectivity index (χ4v) is 10.4. The molecule has 9 aliphatic rings. The predicted molar refractivity (Wildman–Crippen MR) is 60.6 cm³/mol. The Morgan fingerprint density at radius 3 is 0.750 bits per heavy atom. The van der Waals surface area contributed by atoms with Crippen LogP contribution in [0.3, 0.4) is 0 Å². The van der Waals surface area contributed by atoms with Gasteiger partial charge < -0.3 is 0 Å². The Labute approximate surface area is 97.2 Å². The smallest absolute Gasteiger partial charge is 0.0168 e. The molecule has 8 bridgehead atoms. The molecule has 0 heterocycles. The first-order valence-corrected chi connectivity index (χ1v) is 7.76. The lowest BCUT2D eigenvalue weighted by atomic mass is 9.28. The summed E-state index contributed by atoms with van der Waals surface area (Å²) < 4.78 is 0. The second-order valence-corrected chi connectivity index (χ2v) is 9.00. The van der Waals surface area contributed by atoms with Gasteiger partial charge in [0.1, 0.15) is 0 Å². The Hall–Kier alpha value is 0. The maximum atomic E-state index is 1.71. The predicted octanol–water partition coefficient (Wildman–Crippen LogP) is 3.61. The van der Waals surface area contributed by atoms with E-state index in [-0.39, 0.29) is 0 Å². The SMILES string of the molecule is C1C2CC34CC2CC13C12CC3CC41CC3C2. The van der Waals surface area contributed by atoms with Gasteiger partial charge in [0.05, 0.1) is 0 Å². The largest absolute Gasteiger partial charge is 0.0433 e. The third kappa shape index (κ3) is 0.335. The van der Waals surface area contributed by atoms with Crippen molar-refractivity contribution in [2.45, 2.75) is 51.4 Å². The number of hydrogen-bond donors (Lipinski definition) is 0. The first-order chi connectivity index (χ1) is 7.76. The molecule has 0 nitrogen and oxygen atoms in total. The molecule has 9 aliphatic carbocycles. The topological polar surface area (TPSA) is 0 Å². The first kappa shape index (κ1) is 7.44. The number of hydrogen-bond acceptors (Lipinski definition) is 0. The van der Waals surface area contributed by atoms with Gasteiger partial charge in [-0.25, -0.2) is 0 Å². The molecule has 0 N–H and O–H groups in total. The molecule has 4 spiro atoms. The molecule has 0 aliphatic heterocycles. The van der Waals surface area contributed by atoms with Crippen molar-refractivity contribution in [1.29, 1.82) is 0 Å². The van der Waals surface area contributed by atoms with E-state index in [1.165, 1.54) is 23.7 Å². The van der Waals surface area contributed by atoms with Crippen LogP contribution in [0.2, 0.25) is 0 Å². The Kier molecular flexibility index (Phi) is 0.706. The highest BCUT2D eigenvalue weighted by molar-refractivity contribution is 5.46. The summed E-state index contributed by atoms with van der Waals surface area (Å²) in [4.78, 5) is 0. The zero-order valence-electron chi connectivity index (χ0n) is 9.97. The molecule has 9 saturated carbocycles. The van der Waals surface area contributed by atoms with E-state index in [0.717, 1.165) is 21.7 Å². The highest BCUT2D eigenvalue weighted by atomic mass is 15.0. The highest BCUT2D eigenvalue weighted by Crippen LogP contribution is 3.05. The molecule has 0 amide bonds. The van der Waals surface area contributed by atoms with Crippen LogP contribution >= 0.6 is 0 Å². The summed E-state index contributed by atoms with van der Waals surface area (Å²) in [6.07, 6.45) is 13.7. The third-order valence-corrected chi connectivity index (χ3v) is 9.88. The normalized spacial score (nSPS) is 87.0. The monoisotopic (exact) mass is 212 g/mol. The van der Waals surface area contributed by atoms with Crippen molar-refractivity contribution >= 4 is 0 Å². The van der Waals surface area contributed by atoms with E-state index >= 15 is 0 Å². The molecule has 84 valence electrons. The van der Waals surface area contributed by atoms with Crippen LogP contribution in [0.1, 0.15) is 51.4 Å². The zero-order valence-corrected chi connectivity index (χ0v) is 9.97. The van der Waals surface area contributed by atoms with Gasteiger partial charge in [0.2, 0.25) is 0 Å². The maximum absolute atomic E-state index is 1.71. The lowest BCUT2D eigenvalue weighted by Crippen LogP contribution is -2.70. The van der Waals surface area contributed by atoms with Crippen molar-refractivity contribution in [3.05, 3.63) is 0 Å². The summed E-state index contributed by atoms with van der Waals surface area (Å²) >= 11 is 0. The molecule has 0 aromatic heterocycles. The van der Waals surface area contributed by atoms with Gasteiger partial charge in [-0.1, -0.05) is 0 Å². The second kappa shape index (κ2) is 1.52. The van der Waals surface area contributed by atoms with E-state index in [2.05, 4.69) is 0 Å². The van der Waals surface area contributed by atoms with E-state index in [1.807, 2.05) is 0 Å². The van der Waals surface area contributed by atoms with Crippen LogP contribution in [0.5, 0.6) is 0 Å². The van der Waals surface area contributed by atoms with Crippen molar-refractivity contribution in [3.8, 4) is 0 Å². The minimum Gasteiger partial charge on any atom is -0.0433 e. The summed E-state index contributed by atoms with van der Waals surface area (Å²) in [6.45, 7) is 0. The van der Waals surface area contributed by atoms with Crippen LogP contribution in [0.25, 0.3) is 0 Å². The average Bonchev–Trinajstić information content (AvgIpc) is 3.01. The molecule has 9 rings (SSSR count). The molecule has 0 unspecified atom stereocenters. The van der Waals surface area contributed by atoms with E-state index in [9.17, 15) is 0 Å². The van der Waals surface area contributed by atoms with Gasteiger partial charge in [-0.3, -0.25) is 0 Å². The zero-order chi connectivity index (χ0) is 9.97. The fraction of sp³-hybridized carbons (Fsp3) is 1.00. The van der Waals surface area contributed by atoms with Crippen molar-refractivity contribution in [1.82, 2.24) is 0 Å². The van der Waals surface area contributed by atoms with Crippen molar-refractivity contribution in [3.63, 3.8) is 0 Å². The first-order valence-electron chi connectivity index (χ1n) is 7.76. The minimum atomic E-state index is 0.954. The molecule has 0 radical (unpaired) electrons. The molecule has 0 aromatic carbocycles. The van der Waals surface area contributed by atoms with Gasteiger partial charge >= 0.3 is 0 Å². The van der Waals surface area contributed by atoms with Crippen LogP contribution in [0.4, 0.5) is 0 Å². The fourth-order valence-electron chi connectivity index (χ4n) is 10.4. The minimum absolute atomic E-state index is 0.954. The molecule has 16 heavy (non-hydrogen) atoms. The second-order valence-electron chi connectivity index (χ2n) is 9.00. The molecule has 0 aromatic rings. The van der Waals surface area contributed by atoms with Gasteiger partial charge in [0.15, 0.2) is 0 Å². The van der Waals surface area contributed by atoms with E-state index in [4.69, 9.17) is 0 Å². The molecule has 9 fully saturated rings. The Bertz CT molecular complexity index is 344. The summed E-state index contributed by atoms with van der Waals surface area (Å²) in [5, 5.41) is 0. The van der Waals surface area contributed by atoms with Crippen molar-refractivity contribution in [2.24, 2.45) is 45.3 Å². The number of rotatable bonds is 0. The van der Waals surface area contributed by atoms with Crippen LogP contribution in [0, 0.1) is 45.3 Å². The van der Waals surface area contributed by atoms with Crippen LogP contribution in [0.15, 0.2) is 0 Å². The van der Waals surface area contributed by atoms with Crippen LogP contribution in [-0.2, 0) is 0 Å². The molecule has 0 heteroatoms. The lowest BCUT2D eigenvalue weighted by molar-refractivity contribution is -0.283. The summed E-state index contributed by atoms with van der Waals surface area (Å²) in [5.74, 6) is 4.86. The van der Waals surface area contributed by atoms with E-state index in [0.29, 0.717) is 0 Å². The van der Waals surface area contributed by atoms with Gasteiger partial charge in [0, 0.05) is 0 Å². The van der Waals surface area contributed by atoms with Crippen molar-refractivity contribution in [2.75, 3.05) is 0 Å². The van der Waals surface area contributed by atoms with Crippen LogP contribution < -0.4 is 0 Å². The maximum Gasteiger partial charge on any atom is -0.0168 e. The molecular weight excluding hydrogens is 192 g/mol. The quantitative estimate of drug-likeness (QED) is 0.575. The van der Waals surface area contributed by atoms with Crippen molar-refractivity contribution < 1.29 is 0 Å². The van der Waals surface area contributed by atoms with E-state index < -0.39 is 0 Å². The average molecular weight is 212 g/mol. The van der Waals surface area contributed by atoms with E-state index in [1.54, 1.807) is 51.4 Å². The molecule has 0 atom stereocenters. The highest BCUT2D eigenvalue weighted by Gasteiger charge is 2.98. The van der Waals surface area contributed by atoms with Gasteiger partial charge in [0.25, 0.3) is 0 Å². The standard InChI is InChI=1S/C16H20/c1-9-2-14-4-10(9)3-13(1,14)15-5-11-7-16(14,15)8-12(11)6-15/h9-12H,1-8H2. The van der Waals surface area contributed by atoms with Gasteiger partial charge in [-0.15, -0.1) is 0 Å². The Morgan fingerprint density at radius 2 is 0.562 bits per heavy atom. The summed E-state index contributed by atoms with van der Waals surface area (Å²) in [5.41, 5.74) is 3.81. The Morgan fingerprint density at radius 1 is 0.375 bits per heavy atom. The molecule has 0 saturated heterocycles. The molecular formula is C16H20.